The van der Waals surface area contributed by atoms with Gasteiger partial charge in [0, 0.05) is 19.2 Å². The Morgan fingerprint density at radius 1 is 1.56 bits per heavy atom. The van der Waals surface area contributed by atoms with E-state index in [1.807, 2.05) is 13.1 Å². The van der Waals surface area contributed by atoms with Crippen molar-refractivity contribution in [3.63, 3.8) is 0 Å². The van der Waals surface area contributed by atoms with Crippen LogP contribution in [-0.2, 0) is 4.74 Å². The van der Waals surface area contributed by atoms with E-state index in [0.29, 0.717) is 13.0 Å². The Kier molecular flexibility index (Phi) is 3.46. The SMILES string of the molecule is CC1=CN(C2CC(O)C(CO)O2)C(O)NC1. The highest BCUT2D eigenvalue weighted by atomic mass is 16.5. The minimum Gasteiger partial charge on any atom is -0.394 e. The number of nitrogens with one attached hydrogen (secondary N) is 1. The molecule has 92 valence electrons. The highest BCUT2D eigenvalue weighted by molar-refractivity contribution is 5.05. The Labute approximate surface area is 94.1 Å². The molecule has 6 nitrogen and oxygen atoms in total. The smallest absolute Gasteiger partial charge is 0.185 e. The molecule has 0 spiro atoms. The van der Waals surface area contributed by atoms with Crippen molar-refractivity contribution in [2.45, 2.75) is 38.1 Å². The van der Waals surface area contributed by atoms with Crippen LogP contribution in [0, 0.1) is 0 Å². The van der Waals surface area contributed by atoms with Crippen LogP contribution in [-0.4, -0.2) is 58.2 Å². The van der Waals surface area contributed by atoms with Crippen LogP contribution in [0.1, 0.15) is 13.3 Å². The lowest BCUT2D eigenvalue weighted by Gasteiger charge is -2.35. The van der Waals surface area contributed by atoms with Gasteiger partial charge >= 0.3 is 0 Å². The number of ether oxygens (including phenoxy) is 1. The van der Waals surface area contributed by atoms with Crippen molar-refractivity contribution < 1.29 is 20.1 Å². The third-order valence-electron chi connectivity index (χ3n) is 2.93. The molecule has 6 heteroatoms. The zero-order valence-corrected chi connectivity index (χ0v) is 9.21. The highest BCUT2D eigenvalue weighted by Gasteiger charge is 2.38. The Morgan fingerprint density at radius 3 is 2.94 bits per heavy atom. The molecule has 0 aromatic rings. The molecule has 0 radical (unpaired) electrons. The first-order valence-corrected chi connectivity index (χ1v) is 5.42. The summed E-state index contributed by atoms with van der Waals surface area (Å²) in [6, 6.07) is 0. The summed E-state index contributed by atoms with van der Waals surface area (Å²) in [5.74, 6) is 0. The molecule has 16 heavy (non-hydrogen) atoms. The molecule has 2 rings (SSSR count). The van der Waals surface area contributed by atoms with Crippen LogP contribution < -0.4 is 5.32 Å². The van der Waals surface area contributed by atoms with Gasteiger partial charge in [-0.25, -0.2) is 0 Å². The van der Waals surface area contributed by atoms with Crippen LogP contribution in [0.15, 0.2) is 11.8 Å². The van der Waals surface area contributed by atoms with Gasteiger partial charge in [0.1, 0.15) is 12.3 Å². The van der Waals surface area contributed by atoms with Crippen LogP contribution in [0.3, 0.4) is 0 Å². The minimum absolute atomic E-state index is 0.211. The molecule has 0 aliphatic carbocycles. The zero-order valence-electron chi connectivity index (χ0n) is 9.21. The number of hydrogen-bond donors (Lipinski definition) is 4. The molecule has 0 saturated carbocycles. The third kappa shape index (κ3) is 2.21. The maximum absolute atomic E-state index is 9.74. The summed E-state index contributed by atoms with van der Waals surface area (Å²) in [6.07, 6.45) is -0.250. The summed E-state index contributed by atoms with van der Waals surface area (Å²) in [5, 5.41) is 31.2. The predicted octanol–water partition coefficient (Wildman–Crippen LogP) is -1.46. The van der Waals surface area contributed by atoms with Crippen LogP contribution >= 0.6 is 0 Å². The van der Waals surface area contributed by atoms with Gasteiger partial charge in [-0.3, -0.25) is 5.32 Å². The van der Waals surface area contributed by atoms with Crippen molar-refractivity contribution >= 4 is 0 Å². The molecule has 0 aromatic heterocycles. The van der Waals surface area contributed by atoms with Gasteiger partial charge < -0.3 is 25.0 Å². The first kappa shape index (κ1) is 11.8. The van der Waals surface area contributed by atoms with E-state index in [1.165, 1.54) is 0 Å². The number of hydrogen-bond acceptors (Lipinski definition) is 6. The summed E-state index contributed by atoms with van der Waals surface area (Å²) < 4.78 is 5.46. The molecule has 1 fully saturated rings. The van der Waals surface area contributed by atoms with Crippen LogP contribution in [0.5, 0.6) is 0 Å². The number of aliphatic hydroxyl groups excluding tert-OH is 3. The monoisotopic (exact) mass is 230 g/mol. The lowest BCUT2D eigenvalue weighted by Crippen LogP contribution is -2.51. The molecule has 2 heterocycles. The zero-order chi connectivity index (χ0) is 11.7. The number of nitrogens with zero attached hydrogens (tertiary/aromatic N) is 1. The van der Waals surface area contributed by atoms with Gasteiger partial charge in [0.05, 0.1) is 12.7 Å². The van der Waals surface area contributed by atoms with Gasteiger partial charge in [-0.05, 0) is 12.5 Å². The van der Waals surface area contributed by atoms with Crippen LogP contribution in [0.2, 0.25) is 0 Å². The molecular weight excluding hydrogens is 212 g/mol. The maximum atomic E-state index is 9.74. The van der Waals surface area contributed by atoms with E-state index in [1.54, 1.807) is 4.90 Å². The predicted molar refractivity (Wildman–Crippen MR) is 56.0 cm³/mol. The Balaban J connectivity index is 2.05. The highest BCUT2D eigenvalue weighted by Crippen LogP contribution is 2.25. The first-order valence-electron chi connectivity index (χ1n) is 5.42. The van der Waals surface area contributed by atoms with Crippen LogP contribution in [0.4, 0.5) is 0 Å². The molecule has 0 amide bonds. The van der Waals surface area contributed by atoms with Crippen molar-refractivity contribution in [2.75, 3.05) is 13.2 Å². The van der Waals surface area contributed by atoms with Gasteiger partial charge in [0.2, 0.25) is 0 Å². The Hall–Kier alpha value is -0.660. The molecule has 2 aliphatic rings. The van der Waals surface area contributed by atoms with Gasteiger partial charge in [-0.15, -0.1) is 0 Å². The quantitative estimate of drug-likeness (QED) is 0.464. The second-order valence-corrected chi connectivity index (χ2v) is 4.29. The Bertz CT molecular complexity index is 284. The molecule has 1 saturated heterocycles. The summed E-state index contributed by atoms with van der Waals surface area (Å²) in [7, 11) is 0. The van der Waals surface area contributed by atoms with Crippen molar-refractivity contribution in [2.24, 2.45) is 0 Å². The van der Waals surface area contributed by atoms with E-state index in [0.717, 1.165) is 5.57 Å². The molecular formula is C10H18N2O4. The minimum atomic E-state index is -0.807. The fourth-order valence-electron chi connectivity index (χ4n) is 2.03. The molecule has 2 aliphatic heterocycles. The topological polar surface area (TPSA) is 85.2 Å². The van der Waals surface area contributed by atoms with Gasteiger partial charge in [-0.1, -0.05) is 0 Å². The van der Waals surface area contributed by atoms with Gasteiger partial charge in [0.15, 0.2) is 6.35 Å². The number of rotatable bonds is 2. The van der Waals surface area contributed by atoms with Crippen molar-refractivity contribution in [1.82, 2.24) is 10.2 Å². The van der Waals surface area contributed by atoms with Gasteiger partial charge in [-0.2, -0.15) is 0 Å². The van der Waals surface area contributed by atoms with Crippen molar-refractivity contribution in [3.8, 4) is 0 Å². The summed E-state index contributed by atoms with van der Waals surface area (Å²) in [5.41, 5.74) is 1.08. The normalized spacial score (nSPS) is 40.0. The maximum Gasteiger partial charge on any atom is 0.185 e. The average Bonchev–Trinajstić information content (AvgIpc) is 2.63. The lowest BCUT2D eigenvalue weighted by molar-refractivity contribution is -0.124. The van der Waals surface area contributed by atoms with E-state index in [9.17, 15) is 10.2 Å². The second kappa shape index (κ2) is 4.68. The first-order chi connectivity index (χ1) is 7.61. The molecule has 4 atom stereocenters. The number of aliphatic hydroxyl groups is 3. The second-order valence-electron chi connectivity index (χ2n) is 4.29. The lowest BCUT2D eigenvalue weighted by atomic mass is 10.2. The van der Waals surface area contributed by atoms with E-state index in [-0.39, 0.29) is 6.61 Å². The standard InChI is InChI=1S/C10H18N2O4/c1-6-3-11-10(15)12(4-6)9-2-7(14)8(5-13)16-9/h4,7-11,13-15H,2-3,5H2,1H3. The largest absolute Gasteiger partial charge is 0.394 e. The van der Waals surface area contributed by atoms with E-state index < -0.39 is 24.8 Å². The van der Waals surface area contributed by atoms with E-state index in [2.05, 4.69) is 5.32 Å². The van der Waals surface area contributed by atoms with E-state index >= 15 is 0 Å². The molecule has 4 N–H and O–H groups in total. The third-order valence-corrected chi connectivity index (χ3v) is 2.93. The van der Waals surface area contributed by atoms with Crippen LogP contribution in [0.25, 0.3) is 0 Å². The molecule has 4 unspecified atom stereocenters. The molecule has 0 bridgehead atoms. The Morgan fingerprint density at radius 2 is 2.31 bits per heavy atom. The van der Waals surface area contributed by atoms with Crippen molar-refractivity contribution in [1.29, 1.82) is 0 Å². The fraction of sp³-hybridized carbons (Fsp3) is 0.800. The fourth-order valence-corrected chi connectivity index (χ4v) is 2.03. The van der Waals surface area contributed by atoms with Crippen molar-refractivity contribution in [3.05, 3.63) is 11.8 Å². The summed E-state index contributed by atoms with van der Waals surface area (Å²) in [4.78, 5) is 1.62. The van der Waals surface area contributed by atoms with E-state index in [4.69, 9.17) is 9.84 Å². The average molecular weight is 230 g/mol. The molecule has 0 aromatic carbocycles. The summed E-state index contributed by atoms with van der Waals surface area (Å²) >= 11 is 0. The summed E-state index contributed by atoms with van der Waals surface area (Å²) in [6.45, 7) is 2.37. The van der Waals surface area contributed by atoms with Gasteiger partial charge in [0.25, 0.3) is 0 Å².